The van der Waals surface area contributed by atoms with Gasteiger partial charge in [0.1, 0.15) is 17.5 Å². The molecule has 1 amide bonds. The SMILES string of the molecule is CC(C)c1csc(CCNC(=O)c2conc2-c2ccccc2)n1. The Morgan fingerprint density at radius 2 is 2.08 bits per heavy atom. The lowest BCUT2D eigenvalue weighted by Crippen LogP contribution is -2.25. The van der Waals surface area contributed by atoms with Crippen LogP contribution < -0.4 is 5.32 Å². The van der Waals surface area contributed by atoms with Crippen molar-refractivity contribution in [2.75, 3.05) is 6.54 Å². The van der Waals surface area contributed by atoms with Crippen LogP contribution in [0.15, 0.2) is 46.5 Å². The summed E-state index contributed by atoms with van der Waals surface area (Å²) in [6, 6.07) is 9.53. The van der Waals surface area contributed by atoms with E-state index in [2.05, 4.69) is 34.7 Å². The Kier molecular flexibility index (Phi) is 5.05. The molecular weight excluding hydrogens is 322 g/mol. The fraction of sp³-hybridized carbons (Fsp3) is 0.278. The van der Waals surface area contributed by atoms with Gasteiger partial charge < -0.3 is 9.84 Å². The van der Waals surface area contributed by atoms with Gasteiger partial charge in [-0.2, -0.15) is 0 Å². The molecule has 0 atom stereocenters. The van der Waals surface area contributed by atoms with Gasteiger partial charge in [0.25, 0.3) is 5.91 Å². The molecule has 5 nitrogen and oxygen atoms in total. The first-order valence-corrected chi connectivity index (χ1v) is 8.75. The summed E-state index contributed by atoms with van der Waals surface area (Å²) in [5.41, 5.74) is 2.97. The Morgan fingerprint density at radius 1 is 1.29 bits per heavy atom. The molecule has 3 aromatic rings. The van der Waals surface area contributed by atoms with Crippen molar-refractivity contribution in [2.45, 2.75) is 26.2 Å². The Labute approximate surface area is 144 Å². The van der Waals surface area contributed by atoms with Crippen LogP contribution in [-0.2, 0) is 6.42 Å². The Hall–Kier alpha value is -2.47. The normalized spacial score (nSPS) is 11.0. The zero-order valence-electron chi connectivity index (χ0n) is 13.7. The molecule has 0 aliphatic carbocycles. The van der Waals surface area contributed by atoms with Crippen molar-refractivity contribution in [3.05, 3.63) is 58.2 Å². The summed E-state index contributed by atoms with van der Waals surface area (Å²) in [5, 5.41) is 9.97. The second kappa shape index (κ2) is 7.40. The van der Waals surface area contributed by atoms with Crippen LogP contribution in [0.1, 0.15) is 40.8 Å². The van der Waals surface area contributed by atoms with Gasteiger partial charge in [-0.15, -0.1) is 11.3 Å². The molecule has 0 saturated heterocycles. The van der Waals surface area contributed by atoms with E-state index in [1.807, 2.05) is 30.3 Å². The Morgan fingerprint density at radius 3 is 2.79 bits per heavy atom. The average molecular weight is 341 g/mol. The molecule has 3 rings (SSSR count). The summed E-state index contributed by atoms with van der Waals surface area (Å²) in [6.07, 6.45) is 2.10. The zero-order valence-corrected chi connectivity index (χ0v) is 14.5. The van der Waals surface area contributed by atoms with Crippen molar-refractivity contribution in [3.63, 3.8) is 0 Å². The number of nitrogens with one attached hydrogen (secondary N) is 1. The fourth-order valence-electron chi connectivity index (χ4n) is 2.29. The summed E-state index contributed by atoms with van der Waals surface area (Å²) in [7, 11) is 0. The molecule has 0 spiro atoms. The minimum absolute atomic E-state index is 0.184. The molecule has 24 heavy (non-hydrogen) atoms. The first-order chi connectivity index (χ1) is 11.6. The quantitative estimate of drug-likeness (QED) is 0.738. The molecule has 6 heteroatoms. The molecule has 0 saturated carbocycles. The highest BCUT2D eigenvalue weighted by Crippen LogP contribution is 2.22. The summed E-state index contributed by atoms with van der Waals surface area (Å²) < 4.78 is 4.99. The minimum atomic E-state index is -0.184. The van der Waals surface area contributed by atoms with E-state index < -0.39 is 0 Å². The van der Waals surface area contributed by atoms with E-state index in [-0.39, 0.29) is 5.91 Å². The predicted molar refractivity (Wildman–Crippen MR) is 94.2 cm³/mol. The third-order valence-corrected chi connectivity index (χ3v) is 4.57. The number of amides is 1. The largest absolute Gasteiger partial charge is 0.363 e. The van der Waals surface area contributed by atoms with Crippen molar-refractivity contribution in [1.82, 2.24) is 15.5 Å². The first-order valence-electron chi connectivity index (χ1n) is 7.87. The number of hydrogen-bond donors (Lipinski definition) is 1. The average Bonchev–Trinajstić information content (AvgIpc) is 3.25. The zero-order chi connectivity index (χ0) is 16.9. The van der Waals surface area contributed by atoms with Gasteiger partial charge in [0, 0.05) is 23.9 Å². The van der Waals surface area contributed by atoms with E-state index in [0.29, 0.717) is 23.7 Å². The summed E-state index contributed by atoms with van der Waals surface area (Å²) in [6.45, 7) is 4.78. The number of hydrogen-bond acceptors (Lipinski definition) is 5. The second-order valence-electron chi connectivity index (χ2n) is 5.77. The highest BCUT2D eigenvalue weighted by molar-refractivity contribution is 7.09. The lowest BCUT2D eigenvalue weighted by Gasteiger charge is -2.04. The first kappa shape index (κ1) is 16.4. The highest BCUT2D eigenvalue weighted by atomic mass is 32.1. The van der Waals surface area contributed by atoms with Gasteiger partial charge in [-0.25, -0.2) is 4.98 Å². The van der Waals surface area contributed by atoms with Crippen LogP contribution in [0, 0.1) is 0 Å². The van der Waals surface area contributed by atoms with E-state index in [9.17, 15) is 4.79 Å². The lowest BCUT2D eigenvalue weighted by molar-refractivity contribution is 0.0954. The number of carbonyl (C=O) groups is 1. The Bertz CT molecular complexity index is 809. The van der Waals surface area contributed by atoms with Gasteiger partial charge in [-0.1, -0.05) is 49.3 Å². The number of benzene rings is 1. The number of nitrogens with zero attached hydrogens (tertiary/aromatic N) is 2. The van der Waals surface area contributed by atoms with Crippen LogP contribution in [0.25, 0.3) is 11.3 Å². The summed E-state index contributed by atoms with van der Waals surface area (Å²) >= 11 is 1.63. The van der Waals surface area contributed by atoms with Crippen LogP contribution in [-0.4, -0.2) is 22.6 Å². The van der Waals surface area contributed by atoms with Gasteiger partial charge in [0.15, 0.2) is 0 Å². The van der Waals surface area contributed by atoms with Gasteiger partial charge in [-0.3, -0.25) is 4.79 Å². The standard InChI is InChI=1S/C18H19N3O2S/c1-12(2)15-11-24-16(20-15)8-9-19-18(22)14-10-23-21-17(14)13-6-4-3-5-7-13/h3-7,10-12H,8-9H2,1-2H3,(H,19,22). The number of rotatable bonds is 6. The molecular formula is C18H19N3O2S. The van der Waals surface area contributed by atoms with E-state index >= 15 is 0 Å². The molecule has 0 fully saturated rings. The molecule has 0 bridgehead atoms. The molecule has 0 aliphatic heterocycles. The highest BCUT2D eigenvalue weighted by Gasteiger charge is 2.17. The maximum absolute atomic E-state index is 12.4. The maximum Gasteiger partial charge on any atom is 0.256 e. The topological polar surface area (TPSA) is 68.0 Å². The third-order valence-electron chi connectivity index (χ3n) is 3.65. The molecule has 1 N–H and O–H groups in total. The third kappa shape index (κ3) is 3.71. The van der Waals surface area contributed by atoms with Crippen LogP contribution in [0.2, 0.25) is 0 Å². The molecule has 1 aromatic carbocycles. The number of aromatic nitrogens is 2. The monoisotopic (exact) mass is 341 g/mol. The van der Waals surface area contributed by atoms with E-state index in [1.165, 1.54) is 6.26 Å². The number of thiazole rings is 1. The predicted octanol–water partition coefficient (Wildman–Crippen LogP) is 3.89. The van der Waals surface area contributed by atoms with Gasteiger partial charge in [-0.05, 0) is 5.92 Å². The molecule has 2 heterocycles. The van der Waals surface area contributed by atoms with Crippen LogP contribution in [0.3, 0.4) is 0 Å². The fourth-order valence-corrected chi connectivity index (χ4v) is 3.25. The lowest BCUT2D eigenvalue weighted by atomic mass is 10.1. The van der Waals surface area contributed by atoms with Gasteiger partial charge in [0.2, 0.25) is 0 Å². The van der Waals surface area contributed by atoms with Crippen LogP contribution in [0.4, 0.5) is 0 Å². The van der Waals surface area contributed by atoms with E-state index in [4.69, 9.17) is 4.52 Å². The molecule has 124 valence electrons. The van der Waals surface area contributed by atoms with Crippen LogP contribution in [0.5, 0.6) is 0 Å². The summed E-state index contributed by atoms with van der Waals surface area (Å²) in [5.74, 6) is 0.241. The summed E-state index contributed by atoms with van der Waals surface area (Å²) in [4.78, 5) is 16.9. The van der Waals surface area contributed by atoms with Crippen molar-refractivity contribution >= 4 is 17.2 Å². The van der Waals surface area contributed by atoms with Crippen molar-refractivity contribution in [3.8, 4) is 11.3 Å². The molecule has 0 radical (unpaired) electrons. The molecule has 0 unspecified atom stereocenters. The molecule has 2 aromatic heterocycles. The van der Waals surface area contributed by atoms with Gasteiger partial charge >= 0.3 is 0 Å². The van der Waals surface area contributed by atoms with Crippen LogP contribution >= 0.6 is 11.3 Å². The minimum Gasteiger partial charge on any atom is -0.363 e. The Balaban J connectivity index is 1.61. The van der Waals surface area contributed by atoms with Crippen molar-refractivity contribution in [2.24, 2.45) is 0 Å². The number of carbonyl (C=O) groups excluding carboxylic acids is 1. The smallest absolute Gasteiger partial charge is 0.256 e. The maximum atomic E-state index is 12.4. The van der Waals surface area contributed by atoms with E-state index in [1.54, 1.807) is 11.3 Å². The van der Waals surface area contributed by atoms with Crippen molar-refractivity contribution < 1.29 is 9.32 Å². The van der Waals surface area contributed by atoms with Gasteiger partial charge in [0.05, 0.1) is 10.7 Å². The van der Waals surface area contributed by atoms with Crippen molar-refractivity contribution in [1.29, 1.82) is 0 Å². The molecule has 0 aliphatic rings. The van der Waals surface area contributed by atoms with E-state index in [0.717, 1.165) is 22.7 Å². The second-order valence-corrected chi connectivity index (χ2v) is 6.71.